The van der Waals surface area contributed by atoms with E-state index in [1.165, 1.54) is 5.56 Å². The Hall–Kier alpha value is -3.06. The summed E-state index contributed by atoms with van der Waals surface area (Å²) in [7, 11) is 3.68. The third kappa shape index (κ3) is 4.35. The van der Waals surface area contributed by atoms with E-state index in [0.29, 0.717) is 0 Å². The van der Waals surface area contributed by atoms with Crippen LogP contribution in [0.25, 0.3) is 11.4 Å². The van der Waals surface area contributed by atoms with Crippen molar-refractivity contribution in [2.75, 3.05) is 7.11 Å². The van der Waals surface area contributed by atoms with E-state index in [2.05, 4.69) is 44.0 Å². The molecule has 0 unspecified atom stereocenters. The van der Waals surface area contributed by atoms with E-state index < -0.39 is 0 Å². The van der Waals surface area contributed by atoms with Crippen molar-refractivity contribution in [3.05, 3.63) is 78.4 Å². The normalized spacial score (nSPS) is 11.0. The summed E-state index contributed by atoms with van der Waals surface area (Å²) >= 11 is 1.65. The summed E-state index contributed by atoms with van der Waals surface area (Å²) in [5, 5.41) is 9.89. The van der Waals surface area contributed by atoms with Crippen LogP contribution in [-0.2, 0) is 25.8 Å². The fraction of sp³-hybridized carbons (Fsp3) is 0.227. The summed E-state index contributed by atoms with van der Waals surface area (Å²) in [6.45, 7) is 0.785. The lowest BCUT2D eigenvalue weighted by molar-refractivity contribution is 0.415. The highest BCUT2D eigenvalue weighted by atomic mass is 32.2. The molecule has 0 saturated heterocycles. The van der Waals surface area contributed by atoms with Crippen LogP contribution in [0.15, 0.2) is 72.1 Å². The van der Waals surface area contributed by atoms with Crippen molar-refractivity contribution in [2.24, 2.45) is 7.05 Å². The highest BCUT2D eigenvalue weighted by Crippen LogP contribution is 2.31. The van der Waals surface area contributed by atoms with Crippen LogP contribution in [0.4, 0.5) is 0 Å². The van der Waals surface area contributed by atoms with E-state index in [1.54, 1.807) is 18.9 Å². The van der Waals surface area contributed by atoms with Gasteiger partial charge in [-0.25, -0.2) is 4.98 Å². The van der Waals surface area contributed by atoms with Gasteiger partial charge in [0.2, 0.25) is 0 Å². The molecule has 0 N–H and O–H groups in total. The van der Waals surface area contributed by atoms with Crippen molar-refractivity contribution < 1.29 is 4.74 Å². The topological polar surface area (TPSA) is 57.8 Å². The zero-order valence-electron chi connectivity index (χ0n) is 16.5. The number of imidazole rings is 1. The van der Waals surface area contributed by atoms with Crippen LogP contribution < -0.4 is 4.74 Å². The highest BCUT2D eigenvalue weighted by Gasteiger charge is 2.18. The van der Waals surface area contributed by atoms with Gasteiger partial charge in [0.05, 0.1) is 18.4 Å². The number of rotatable bonds is 8. The van der Waals surface area contributed by atoms with Crippen LogP contribution in [0.3, 0.4) is 0 Å². The summed E-state index contributed by atoms with van der Waals surface area (Å²) in [6, 6.07) is 18.4. The Balaban J connectivity index is 1.65. The van der Waals surface area contributed by atoms with Gasteiger partial charge in [0.15, 0.2) is 11.0 Å². The first-order chi connectivity index (χ1) is 14.3. The molecule has 0 spiro atoms. The van der Waals surface area contributed by atoms with Gasteiger partial charge >= 0.3 is 0 Å². The lowest BCUT2D eigenvalue weighted by Crippen LogP contribution is -2.06. The fourth-order valence-corrected chi connectivity index (χ4v) is 4.14. The van der Waals surface area contributed by atoms with Crippen molar-refractivity contribution in [2.45, 2.75) is 23.9 Å². The Kier molecular flexibility index (Phi) is 5.95. The van der Waals surface area contributed by atoms with E-state index >= 15 is 0 Å². The lowest BCUT2D eigenvalue weighted by atomic mass is 10.1. The van der Waals surface area contributed by atoms with E-state index in [1.807, 2.05) is 54.3 Å². The zero-order chi connectivity index (χ0) is 20.1. The molecule has 148 valence electrons. The molecule has 2 aromatic heterocycles. The molecule has 0 atom stereocenters. The van der Waals surface area contributed by atoms with Crippen LogP contribution >= 0.6 is 11.8 Å². The Labute approximate surface area is 174 Å². The standard InChI is InChI=1S/C22H23N5OS/c1-26-15-13-23-20(26)16-29-22-25-24-21(18-10-6-7-11-19(18)28-2)27(22)14-12-17-8-4-3-5-9-17/h3-11,13,15H,12,14,16H2,1-2H3. The number of hydrogen-bond acceptors (Lipinski definition) is 5. The average molecular weight is 406 g/mol. The molecular formula is C22H23N5OS. The molecule has 0 amide bonds. The number of thioether (sulfide) groups is 1. The Morgan fingerprint density at radius 3 is 2.55 bits per heavy atom. The average Bonchev–Trinajstić information content (AvgIpc) is 3.36. The number of ether oxygens (including phenoxy) is 1. The summed E-state index contributed by atoms with van der Waals surface area (Å²) in [4.78, 5) is 4.41. The van der Waals surface area contributed by atoms with Gasteiger partial charge in [-0.15, -0.1) is 10.2 Å². The lowest BCUT2D eigenvalue weighted by Gasteiger charge is -2.12. The van der Waals surface area contributed by atoms with Gasteiger partial charge < -0.3 is 13.9 Å². The van der Waals surface area contributed by atoms with Crippen molar-refractivity contribution in [1.29, 1.82) is 0 Å². The van der Waals surface area contributed by atoms with Crippen LogP contribution in [-0.4, -0.2) is 31.4 Å². The second-order valence-corrected chi connectivity index (χ2v) is 7.58. The molecule has 0 aliphatic heterocycles. The minimum absolute atomic E-state index is 0.735. The van der Waals surface area contributed by atoms with Gasteiger partial charge in [-0.3, -0.25) is 0 Å². The molecule has 7 heteroatoms. The summed E-state index contributed by atoms with van der Waals surface area (Å²) in [5.41, 5.74) is 2.23. The van der Waals surface area contributed by atoms with Crippen molar-refractivity contribution in [1.82, 2.24) is 24.3 Å². The first-order valence-electron chi connectivity index (χ1n) is 9.46. The van der Waals surface area contributed by atoms with E-state index in [-0.39, 0.29) is 0 Å². The summed E-state index contributed by atoms with van der Waals surface area (Å²) in [5.74, 6) is 3.35. The van der Waals surface area contributed by atoms with Gasteiger partial charge in [0.1, 0.15) is 11.6 Å². The van der Waals surface area contributed by atoms with E-state index in [4.69, 9.17) is 4.74 Å². The predicted octanol–water partition coefficient (Wildman–Crippen LogP) is 4.22. The molecule has 2 heterocycles. The van der Waals surface area contributed by atoms with Crippen LogP contribution in [0, 0.1) is 0 Å². The van der Waals surface area contributed by atoms with Gasteiger partial charge in [0.25, 0.3) is 0 Å². The van der Waals surface area contributed by atoms with Crippen LogP contribution in [0.5, 0.6) is 5.75 Å². The number of aryl methyl sites for hydroxylation is 2. The quantitative estimate of drug-likeness (QED) is 0.411. The maximum atomic E-state index is 5.56. The van der Waals surface area contributed by atoms with Crippen molar-refractivity contribution in [3.63, 3.8) is 0 Å². The van der Waals surface area contributed by atoms with E-state index in [0.717, 1.165) is 46.8 Å². The minimum Gasteiger partial charge on any atom is -0.496 e. The minimum atomic E-state index is 0.735. The molecule has 2 aromatic carbocycles. The van der Waals surface area contributed by atoms with Crippen molar-refractivity contribution in [3.8, 4) is 17.1 Å². The van der Waals surface area contributed by atoms with Crippen molar-refractivity contribution >= 4 is 11.8 Å². The maximum absolute atomic E-state index is 5.56. The number of benzene rings is 2. The molecule has 0 saturated carbocycles. The third-order valence-electron chi connectivity index (χ3n) is 4.78. The first kappa shape index (κ1) is 19.3. The highest BCUT2D eigenvalue weighted by molar-refractivity contribution is 7.98. The molecule has 0 radical (unpaired) electrons. The first-order valence-corrected chi connectivity index (χ1v) is 10.4. The predicted molar refractivity (Wildman–Crippen MR) is 115 cm³/mol. The Morgan fingerprint density at radius 1 is 1.00 bits per heavy atom. The zero-order valence-corrected chi connectivity index (χ0v) is 17.3. The largest absolute Gasteiger partial charge is 0.496 e. The Morgan fingerprint density at radius 2 is 1.79 bits per heavy atom. The van der Waals surface area contributed by atoms with Crippen LogP contribution in [0.1, 0.15) is 11.4 Å². The molecule has 6 nitrogen and oxygen atoms in total. The molecular weight excluding hydrogens is 382 g/mol. The number of nitrogens with zero attached hydrogens (tertiary/aromatic N) is 5. The molecule has 4 rings (SSSR count). The SMILES string of the molecule is COc1ccccc1-c1nnc(SCc2nccn2C)n1CCc1ccccc1. The monoisotopic (exact) mass is 405 g/mol. The molecule has 0 fully saturated rings. The second kappa shape index (κ2) is 8.96. The molecule has 29 heavy (non-hydrogen) atoms. The molecule has 4 aromatic rings. The smallest absolute Gasteiger partial charge is 0.191 e. The second-order valence-electron chi connectivity index (χ2n) is 6.64. The third-order valence-corrected chi connectivity index (χ3v) is 5.75. The maximum Gasteiger partial charge on any atom is 0.191 e. The molecule has 0 aliphatic rings. The van der Waals surface area contributed by atoms with Gasteiger partial charge in [-0.2, -0.15) is 0 Å². The number of aromatic nitrogens is 5. The molecule has 0 bridgehead atoms. The van der Waals surface area contributed by atoms with E-state index in [9.17, 15) is 0 Å². The van der Waals surface area contributed by atoms with Gasteiger partial charge in [-0.05, 0) is 24.1 Å². The summed E-state index contributed by atoms with van der Waals surface area (Å²) in [6.07, 6.45) is 4.67. The van der Waals surface area contributed by atoms with Crippen LogP contribution in [0.2, 0.25) is 0 Å². The molecule has 0 aliphatic carbocycles. The Bertz CT molecular complexity index is 1070. The number of hydrogen-bond donors (Lipinski definition) is 0. The summed E-state index contributed by atoms with van der Waals surface area (Å²) < 4.78 is 9.77. The van der Waals surface area contributed by atoms with Gasteiger partial charge in [-0.1, -0.05) is 54.2 Å². The van der Waals surface area contributed by atoms with Gasteiger partial charge in [0, 0.05) is 26.0 Å². The number of para-hydroxylation sites is 1. The fourth-order valence-electron chi connectivity index (χ4n) is 3.18. The number of methoxy groups -OCH3 is 1.